The lowest BCUT2D eigenvalue weighted by Crippen LogP contribution is -2.23. The van der Waals surface area contributed by atoms with Crippen LogP contribution in [0.5, 0.6) is 0 Å². The van der Waals surface area contributed by atoms with Crippen molar-refractivity contribution in [1.82, 2.24) is 0 Å². The van der Waals surface area contributed by atoms with Crippen LogP contribution in [0, 0.1) is 22.7 Å². The van der Waals surface area contributed by atoms with Crippen molar-refractivity contribution in [1.29, 1.82) is 10.5 Å². The topological polar surface area (TPSA) is 76.8 Å². The predicted molar refractivity (Wildman–Crippen MR) is 71.0 cm³/mol. The summed E-state index contributed by atoms with van der Waals surface area (Å²) in [5.74, 6) is 0. The highest BCUT2D eigenvalue weighted by atomic mass is 32.1. The van der Waals surface area contributed by atoms with E-state index in [-0.39, 0.29) is 0 Å². The summed E-state index contributed by atoms with van der Waals surface area (Å²) in [5, 5.41) is 18.9. The largest absolute Gasteiger partial charge is 0.396 e. The average molecular weight is 248 g/mol. The summed E-state index contributed by atoms with van der Waals surface area (Å²) in [5.41, 5.74) is 6.56. The molecule has 1 rings (SSSR count). The van der Waals surface area contributed by atoms with Gasteiger partial charge in [-0.15, -0.1) is 11.3 Å². The number of thiophene rings is 1. The van der Waals surface area contributed by atoms with E-state index >= 15 is 0 Å². The first-order valence-corrected chi connectivity index (χ1v) is 6.48. The smallest absolute Gasteiger partial charge is 0.131 e. The minimum absolute atomic E-state index is 0.324. The minimum Gasteiger partial charge on any atom is -0.396 e. The van der Waals surface area contributed by atoms with Crippen LogP contribution in [0.15, 0.2) is 0 Å². The van der Waals surface area contributed by atoms with Gasteiger partial charge in [0.15, 0.2) is 0 Å². The summed E-state index contributed by atoms with van der Waals surface area (Å²) in [4.78, 5) is 2.55. The zero-order chi connectivity index (χ0) is 12.8. The van der Waals surface area contributed by atoms with Crippen LogP contribution in [0.25, 0.3) is 0 Å². The lowest BCUT2D eigenvalue weighted by molar-refractivity contribution is 0.736. The first-order valence-electron chi connectivity index (χ1n) is 5.66. The predicted octanol–water partition coefficient (Wildman–Crippen LogP) is 2.70. The lowest BCUT2D eigenvalue weighted by atomic mass is 10.2. The molecule has 90 valence electrons. The van der Waals surface area contributed by atoms with E-state index in [1.165, 1.54) is 11.3 Å². The molecule has 0 saturated carbocycles. The van der Waals surface area contributed by atoms with E-state index in [0.29, 0.717) is 16.1 Å². The third-order valence-electron chi connectivity index (χ3n) is 2.59. The molecule has 0 aliphatic heterocycles. The molecule has 17 heavy (non-hydrogen) atoms. The summed E-state index contributed by atoms with van der Waals surface area (Å²) in [6.07, 6.45) is 2.17. The molecule has 0 spiro atoms. The Labute approximate surface area is 106 Å². The molecule has 2 N–H and O–H groups in total. The highest BCUT2D eigenvalue weighted by Crippen LogP contribution is 2.37. The fourth-order valence-electron chi connectivity index (χ4n) is 1.60. The van der Waals surface area contributed by atoms with Crippen molar-refractivity contribution in [3.8, 4) is 12.1 Å². The Kier molecular flexibility index (Phi) is 4.81. The first kappa shape index (κ1) is 13.3. The molecule has 1 aromatic heterocycles. The van der Waals surface area contributed by atoms with Crippen molar-refractivity contribution >= 4 is 22.0 Å². The Balaban J connectivity index is 3.12. The van der Waals surface area contributed by atoms with Crippen molar-refractivity contribution < 1.29 is 0 Å². The van der Waals surface area contributed by atoms with Gasteiger partial charge in [0.2, 0.25) is 0 Å². The number of nitrogens with two attached hydrogens (primary N) is 1. The number of rotatable bonds is 5. The molecule has 0 fully saturated rings. The van der Waals surface area contributed by atoms with Gasteiger partial charge in [0.25, 0.3) is 0 Å². The van der Waals surface area contributed by atoms with Crippen LogP contribution >= 0.6 is 11.3 Å². The van der Waals surface area contributed by atoms with Gasteiger partial charge in [-0.1, -0.05) is 13.3 Å². The monoisotopic (exact) mass is 248 g/mol. The number of hydrogen-bond donors (Lipinski definition) is 1. The Hall–Kier alpha value is -1.72. The fraction of sp³-hybridized carbons (Fsp3) is 0.500. The van der Waals surface area contributed by atoms with Crippen LogP contribution in [0.2, 0.25) is 0 Å². The molecule has 0 radical (unpaired) electrons. The van der Waals surface area contributed by atoms with E-state index in [0.717, 1.165) is 30.9 Å². The third-order valence-corrected chi connectivity index (χ3v) is 3.76. The van der Waals surface area contributed by atoms with Crippen LogP contribution in [-0.2, 0) is 0 Å². The average Bonchev–Trinajstić information content (AvgIpc) is 2.67. The molecule has 0 saturated heterocycles. The van der Waals surface area contributed by atoms with Gasteiger partial charge in [0, 0.05) is 13.1 Å². The van der Waals surface area contributed by atoms with E-state index in [4.69, 9.17) is 16.3 Å². The molecule has 0 aliphatic rings. The lowest BCUT2D eigenvalue weighted by Gasteiger charge is -2.21. The van der Waals surface area contributed by atoms with Crippen LogP contribution in [-0.4, -0.2) is 13.1 Å². The molecule has 0 aliphatic carbocycles. The number of anilines is 2. The quantitative estimate of drug-likeness (QED) is 0.869. The normalized spacial score (nSPS) is 9.65. The number of nitrogen functional groups attached to an aromatic ring is 1. The Morgan fingerprint density at radius 2 is 2.00 bits per heavy atom. The van der Waals surface area contributed by atoms with Gasteiger partial charge in [-0.05, 0) is 13.3 Å². The van der Waals surface area contributed by atoms with Gasteiger partial charge < -0.3 is 10.6 Å². The summed E-state index contributed by atoms with van der Waals surface area (Å²) in [7, 11) is 0. The second-order valence-electron chi connectivity index (χ2n) is 3.68. The highest BCUT2D eigenvalue weighted by molar-refractivity contribution is 7.17. The molecule has 0 aromatic carbocycles. The second kappa shape index (κ2) is 6.12. The molecule has 0 unspecified atom stereocenters. The fourth-order valence-corrected chi connectivity index (χ4v) is 2.66. The van der Waals surface area contributed by atoms with Gasteiger partial charge >= 0.3 is 0 Å². The number of nitrogens with zero attached hydrogens (tertiary/aromatic N) is 3. The highest BCUT2D eigenvalue weighted by Gasteiger charge is 2.19. The van der Waals surface area contributed by atoms with E-state index in [1.54, 1.807) is 0 Å². The van der Waals surface area contributed by atoms with Gasteiger partial charge in [-0.3, -0.25) is 0 Å². The summed E-state index contributed by atoms with van der Waals surface area (Å²) >= 11 is 1.31. The zero-order valence-electron chi connectivity index (χ0n) is 10.2. The summed E-state index contributed by atoms with van der Waals surface area (Å²) in [6.45, 7) is 5.88. The van der Waals surface area contributed by atoms with Gasteiger partial charge in [0.1, 0.15) is 27.6 Å². The van der Waals surface area contributed by atoms with Crippen LogP contribution in [0.4, 0.5) is 10.7 Å². The maximum absolute atomic E-state index is 9.12. The van der Waals surface area contributed by atoms with Crippen molar-refractivity contribution in [3.05, 3.63) is 10.4 Å². The second-order valence-corrected chi connectivity index (χ2v) is 4.68. The third kappa shape index (κ3) is 2.69. The Morgan fingerprint density at radius 3 is 2.47 bits per heavy atom. The van der Waals surface area contributed by atoms with Crippen molar-refractivity contribution in [2.75, 3.05) is 23.7 Å². The van der Waals surface area contributed by atoms with E-state index < -0.39 is 0 Å². The maximum atomic E-state index is 9.12. The number of hydrogen-bond acceptors (Lipinski definition) is 5. The van der Waals surface area contributed by atoms with Crippen LogP contribution in [0.1, 0.15) is 37.1 Å². The molecule has 0 amide bonds. The molecular weight excluding hydrogens is 232 g/mol. The van der Waals surface area contributed by atoms with E-state index in [2.05, 4.69) is 17.9 Å². The van der Waals surface area contributed by atoms with Crippen LogP contribution in [0.3, 0.4) is 0 Å². The number of nitriles is 2. The molecule has 5 heteroatoms. The summed E-state index contributed by atoms with van der Waals surface area (Å²) in [6, 6.07) is 4.14. The molecule has 4 nitrogen and oxygen atoms in total. The van der Waals surface area contributed by atoms with Gasteiger partial charge in [-0.2, -0.15) is 10.5 Å². The number of unbranched alkanes of at least 4 members (excludes halogenated alkanes) is 1. The zero-order valence-corrected chi connectivity index (χ0v) is 11.0. The first-order chi connectivity index (χ1) is 8.19. The van der Waals surface area contributed by atoms with E-state index in [1.807, 2.05) is 13.0 Å². The molecule has 1 aromatic rings. The van der Waals surface area contributed by atoms with Crippen LogP contribution < -0.4 is 10.6 Å². The van der Waals surface area contributed by atoms with Gasteiger partial charge in [-0.25, -0.2) is 0 Å². The SMILES string of the molecule is CCCCN(CC)c1sc(C#N)c(N)c1C#N. The Morgan fingerprint density at radius 1 is 1.29 bits per heavy atom. The van der Waals surface area contributed by atoms with Crippen molar-refractivity contribution in [2.24, 2.45) is 0 Å². The minimum atomic E-state index is 0.324. The van der Waals surface area contributed by atoms with Gasteiger partial charge in [0.05, 0.1) is 5.69 Å². The molecular formula is C12H16N4S. The molecule has 1 heterocycles. The molecule has 0 bridgehead atoms. The maximum Gasteiger partial charge on any atom is 0.131 e. The van der Waals surface area contributed by atoms with Crippen molar-refractivity contribution in [2.45, 2.75) is 26.7 Å². The standard InChI is InChI=1S/C12H16N4S/c1-3-5-6-16(4-2)12-9(7-13)11(15)10(8-14)17-12/h3-6,15H2,1-2H3. The Bertz CT molecular complexity index is 464. The molecule has 0 atom stereocenters. The van der Waals surface area contributed by atoms with Crippen molar-refractivity contribution in [3.63, 3.8) is 0 Å². The summed E-state index contributed by atoms with van der Waals surface area (Å²) < 4.78 is 0. The van der Waals surface area contributed by atoms with E-state index in [9.17, 15) is 0 Å².